The second-order valence-electron chi connectivity index (χ2n) is 7.29. The largest absolute Gasteiger partial charge is 0.477 e. The quantitative estimate of drug-likeness (QED) is 0.793. The molecule has 4 rings (SSSR count). The zero-order chi connectivity index (χ0) is 20.3. The molecule has 6 nitrogen and oxygen atoms in total. The van der Waals surface area contributed by atoms with E-state index in [1.807, 2.05) is 11.3 Å². The van der Waals surface area contributed by atoms with Gasteiger partial charge < -0.3 is 15.2 Å². The van der Waals surface area contributed by atoms with E-state index in [1.54, 1.807) is 6.33 Å². The standard InChI is InChI=1S/C16H21N3OS.C3H4F2O2/c1-17-10-5-7-11(8-6-10)20-15-14-12-3-2-4-13(12)21-16(14)19-9-18-15;1-3(4,5)2(6)7/h9-11,17H,2-8H2,1H3;1H3,(H,6,7). The third-order valence-corrected chi connectivity index (χ3v) is 6.40. The summed E-state index contributed by atoms with van der Waals surface area (Å²) in [5, 5.41) is 12.1. The maximum Gasteiger partial charge on any atom is 0.374 e. The monoisotopic (exact) mass is 413 g/mol. The second-order valence-corrected chi connectivity index (χ2v) is 8.37. The molecule has 0 amide bonds. The lowest BCUT2D eigenvalue weighted by Gasteiger charge is -2.28. The molecule has 0 bridgehead atoms. The Hall–Kier alpha value is -1.87. The molecule has 154 valence electrons. The molecule has 1 fully saturated rings. The number of halogens is 2. The van der Waals surface area contributed by atoms with Crippen LogP contribution in [-0.4, -0.2) is 46.2 Å². The van der Waals surface area contributed by atoms with Crippen molar-refractivity contribution in [2.75, 3.05) is 7.05 Å². The Balaban J connectivity index is 0.000000279. The second kappa shape index (κ2) is 8.65. The summed E-state index contributed by atoms with van der Waals surface area (Å²) < 4.78 is 28.8. The average Bonchev–Trinajstić information content (AvgIpc) is 3.23. The van der Waals surface area contributed by atoms with E-state index in [0.29, 0.717) is 19.1 Å². The summed E-state index contributed by atoms with van der Waals surface area (Å²) in [6.45, 7) is 0.329. The van der Waals surface area contributed by atoms with Gasteiger partial charge in [0, 0.05) is 17.8 Å². The maximum atomic E-state index is 11.2. The molecular formula is C19H25F2N3O3S. The number of ether oxygens (including phenoxy) is 1. The molecule has 2 aromatic rings. The minimum atomic E-state index is -3.58. The molecule has 2 aromatic heterocycles. The van der Waals surface area contributed by atoms with Gasteiger partial charge in [-0.15, -0.1) is 11.3 Å². The number of nitrogens with one attached hydrogen (secondary N) is 1. The molecule has 0 aliphatic heterocycles. The van der Waals surface area contributed by atoms with Crippen LogP contribution in [-0.2, 0) is 17.6 Å². The van der Waals surface area contributed by atoms with Crippen molar-refractivity contribution in [1.82, 2.24) is 15.3 Å². The van der Waals surface area contributed by atoms with Crippen LogP contribution in [0.2, 0.25) is 0 Å². The normalized spacial score (nSPS) is 21.7. The van der Waals surface area contributed by atoms with Gasteiger partial charge in [-0.05, 0) is 57.6 Å². The van der Waals surface area contributed by atoms with Crippen LogP contribution in [0.4, 0.5) is 8.78 Å². The molecule has 2 N–H and O–H groups in total. The van der Waals surface area contributed by atoms with E-state index in [-0.39, 0.29) is 0 Å². The lowest BCUT2D eigenvalue weighted by Crippen LogP contribution is -2.34. The molecule has 2 aliphatic rings. The fourth-order valence-corrected chi connectivity index (χ4v) is 4.84. The number of carboxylic acid groups (broad SMARTS) is 1. The van der Waals surface area contributed by atoms with Crippen LogP contribution < -0.4 is 10.1 Å². The molecule has 2 heterocycles. The van der Waals surface area contributed by atoms with Crippen molar-refractivity contribution in [2.45, 2.75) is 69.9 Å². The highest BCUT2D eigenvalue weighted by Crippen LogP contribution is 2.40. The number of alkyl halides is 2. The van der Waals surface area contributed by atoms with Gasteiger partial charge in [0.2, 0.25) is 5.88 Å². The fraction of sp³-hybridized carbons (Fsp3) is 0.632. The minimum absolute atomic E-state index is 0.310. The van der Waals surface area contributed by atoms with Crippen LogP contribution in [0.3, 0.4) is 0 Å². The Morgan fingerprint density at radius 3 is 2.57 bits per heavy atom. The van der Waals surface area contributed by atoms with Crippen LogP contribution in [0.25, 0.3) is 10.2 Å². The lowest BCUT2D eigenvalue weighted by molar-refractivity contribution is -0.161. The predicted octanol–water partition coefficient (Wildman–Crippen LogP) is 3.82. The van der Waals surface area contributed by atoms with E-state index in [1.165, 1.54) is 41.5 Å². The molecule has 28 heavy (non-hydrogen) atoms. The fourth-order valence-electron chi connectivity index (χ4n) is 3.62. The van der Waals surface area contributed by atoms with Crippen molar-refractivity contribution in [3.63, 3.8) is 0 Å². The summed E-state index contributed by atoms with van der Waals surface area (Å²) in [7, 11) is 2.05. The van der Waals surface area contributed by atoms with Gasteiger partial charge in [-0.25, -0.2) is 14.8 Å². The molecule has 0 atom stereocenters. The van der Waals surface area contributed by atoms with E-state index < -0.39 is 11.9 Å². The number of carboxylic acids is 1. The summed E-state index contributed by atoms with van der Waals surface area (Å²) in [4.78, 5) is 20.8. The van der Waals surface area contributed by atoms with Gasteiger partial charge in [-0.2, -0.15) is 8.78 Å². The highest BCUT2D eigenvalue weighted by Gasteiger charge is 2.31. The van der Waals surface area contributed by atoms with Gasteiger partial charge in [0.1, 0.15) is 17.3 Å². The Labute approximate surface area is 166 Å². The number of rotatable bonds is 4. The van der Waals surface area contributed by atoms with Crippen molar-refractivity contribution >= 4 is 27.5 Å². The molecule has 0 aromatic carbocycles. The van der Waals surface area contributed by atoms with Crippen LogP contribution in [0, 0.1) is 0 Å². The molecule has 0 unspecified atom stereocenters. The molecule has 2 aliphatic carbocycles. The highest BCUT2D eigenvalue weighted by molar-refractivity contribution is 7.18. The van der Waals surface area contributed by atoms with E-state index >= 15 is 0 Å². The average molecular weight is 413 g/mol. The number of aryl methyl sites for hydroxylation is 2. The van der Waals surface area contributed by atoms with Gasteiger partial charge in [-0.3, -0.25) is 0 Å². The summed E-state index contributed by atoms with van der Waals surface area (Å²) in [6.07, 6.45) is 10.2. The third kappa shape index (κ3) is 4.75. The molecular weight excluding hydrogens is 388 g/mol. The molecule has 0 radical (unpaired) electrons. The lowest BCUT2D eigenvalue weighted by atomic mass is 9.93. The van der Waals surface area contributed by atoms with Crippen LogP contribution in [0.5, 0.6) is 5.88 Å². The van der Waals surface area contributed by atoms with E-state index in [4.69, 9.17) is 9.84 Å². The number of thiophene rings is 1. The van der Waals surface area contributed by atoms with Crippen LogP contribution in [0.15, 0.2) is 6.33 Å². The summed E-state index contributed by atoms with van der Waals surface area (Å²) in [6, 6.07) is 0.653. The van der Waals surface area contributed by atoms with Gasteiger partial charge in [0.15, 0.2) is 0 Å². The van der Waals surface area contributed by atoms with Gasteiger partial charge in [0.25, 0.3) is 0 Å². The summed E-state index contributed by atoms with van der Waals surface area (Å²) >= 11 is 1.83. The molecule has 9 heteroatoms. The minimum Gasteiger partial charge on any atom is -0.477 e. The third-order valence-electron chi connectivity index (χ3n) is 5.20. The highest BCUT2D eigenvalue weighted by atomic mass is 32.1. The number of fused-ring (bicyclic) bond motifs is 3. The van der Waals surface area contributed by atoms with Crippen molar-refractivity contribution < 1.29 is 23.4 Å². The predicted molar refractivity (Wildman–Crippen MR) is 103 cm³/mol. The van der Waals surface area contributed by atoms with E-state index in [2.05, 4.69) is 22.3 Å². The van der Waals surface area contributed by atoms with Gasteiger partial charge in [0.05, 0.1) is 5.39 Å². The molecule has 1 saturated carbocycles. The van der Waals surface area contributed by atoms with Crippen molar-refractivity contribution in [3.05, 3.63) is 16.8 Å². The summed E-state index contributed by atoms with van der Waals surface area (Å²) in [5.41, 5.74) is 1.45. The zero-order valence-corrected chi connectivity index (χ0v) is 16.8. The SMILES string of the molecule is CC(F)(F)C(=O)O.CNC1CCC(Oc2ncnc3sc4c(c23)CCC4)CC1. The summed E-state index contributed by atoms with van der Waals surface area (Å²) in [5.74, 6) is -4.85. The zero-order valence-electron chi connectivity index (χ0n) is 16.0. The van der Waals surface area contributed by atoms with Gasteiger partial charge in [-0.1, -0.05) is 0 Å². The topological polar surface area (TPSA) is 84.3 Å². The Morgan fingerprint density at radius 1 is 1.29 bits per heavy atom. The van der Waals surface area contributed by atoms with Crippen LogP contribution >= 0.6 is 11.3 Å². The first kappa shape index (κ1) is 20.9. The Morgan fingerprint density at radius 2 is 1.96 bits per heavy atom. The first-order valence-electron chi connectivity index (χ1n) is 9.50. The number of carbonyl (C=O) groups is 1. The first-order chi connectivity index (χ1) is 13.3. The number of aromatic nitrogens is 2. The van der Waals surface area contributed by atoms with E-state index in [0.717, 1.165) is 30.0 Å². The Bertz CT molecular complexity index is 830. The number of nitrogens with zero attached hydrogens (tertiary/aromatic N) is 2. The van der Waals surface area contributed by atoms with Crippen LogP contribution in [0.1, 0.15) is 49.5 Å². The van der Waals surface area contributed by atoms with Crippen molar-refractivity contribution in [2.24, 2.45) is 0 Å². The maximum absolute atomic E-state index is 11.2. The van der Waals surface area contributed by atoms with Crippen molar-refractivity contribution in [1.29, 1.82) is 0 Å². The van der Waals surface area contributed by atoms with Crippen molar-refractivity contribution in [3.8, 4) is 5.88 Å². The molecule has 0 saturated heterocycles. The Kier molecular flexibility index (Phi) is 6.44. The number of hydrogen-bond donors (Lipinski definition) is 2. The first-order valence-corrected chi connectivity index (χ1v) is 10.3. The number of aliphatic carboxylic acids is 1. The van der Waals surface area contributed by atoms with Gasteiger partial charge >= 0.3 is 11.9 Å². The number of hydrogen-bond acceptors (Lipinski definition) is 6. The molecule has 0 spiro atoms. The van der Waals surface area contributed by atoms with E-state index in [9.17, 15) is 13.6 Å². The smallest absolute Gasteiger partial charge is 0.374 e.